The van der Waals surface area contributed by atoms with Crippen molar-refractivity contribution in [1.29, 1.82) is 0 Å². The highest BCUT2D eigenvalue weighted by atomic mass is 32.1. The Balaban J connectivity index is 1.93. The predicted octanol–water partition coefficient (Wildman–Crippen LogP) is 2.62. The Labute approximate surface area is 114 Å². The molecule has 0 saturated carbocycles. The van der Waals surface area contributed by atoms with Crippen molar-refractivity contribution in [2.75, 3.05) is 20.1 Å². The van der Waals surface area contributed by atoms with Crippen molar-refractivity contribution in [1.82, 2.24) is 9.88 Å². The van der Waals surface area contributed by atoms with Crippen molar-refractivity contribution < 1.29 is 0 Å². The largest absolute Gasteiger partial charge is 0.326 e. The van der Waals surface area contributed by atoms with Crippen molar-refractivity contribution in [3.63, 3.8) is 0 Å². The van der Waals surface area contributed by atoms with Gasteiger partial charge in [-0.2, -0.15) is 0 Å². The summed E-state index contributed by atoms with van der Waals surface area (Å²) < 4.78 is 0. The highest BCUT2D eigenvalue weighted by Crippen LogP contribution is 2.29. The molecule has 1 aromatic rings. The van der Waals surface area contributed by atoms with Crippen LogP contribution in [0.5, 0.6) is 0 Å². The summed E-state index contributed by atoms with van der Waals surface area (Å²) in [6.07, 6.45) is 4.59. The normalized spacial score (nSPS) is 22.3. The summed E-state index contributed by atoms with van der Waals surface area (Å²) in [5.74, 6) is 0.647. The molecule has 4 heteroatoms. The molecule has 1 aliphatic heterocycles. The maximum atomic E-state index is 6.02. The van der Waals surface area contributed by atoms with E-state index < -0.39 is 0 Å². The molecule has 0 radical (unpaired) electrons. The van der Waals surface area contributed by atoms with E-state index in [-0.39, 0.29) is 5.54 Å². The van der Waals surface area contributed by atoms with Gasteiger partial charge < -0.3 is 10.6 Å². The molecule has 18 heavy (non-hydrogen) atoms. The van der Waals surface area contributed by atoms with Gasteiger partial charge >= 0.3 is 0 Å². The Bertz CT molecular complexity index is 381. The van der Waals surface area contributed by atoms with Crippen LogP contribution in [0.4, 0.5) is 0 Å². The summed E-state index contributed by atoms with van der Waals surface area (Å²) in [4.78, 5) is 7.22. The zero-order chi connectivity index (χ0) is 13.2. The smallest absolute Gasteiger partial charge is 0.0972 e. The summed E-state index contributed by atoms with van der Waals surface area (Å²) >= 11 is 1.83. The van der Waals surface area contributed by atoms with Gasteiger partial charge in [0, 0.05) is 23.4 Å². The van der Waals surface area contributed by atoms with E-state index in [0.29, 0.717) is 5.92 Å². The number of piperidine rings is 1. The molecule has 1 atom stereocenters. The Morgan fingerprint density at radius 1 is 1.56 bits per heavy atom. The maximum Gasteiger partial charge on any atom is 0.0972 e. The molecule has 1 aromatic heterocycles. The topological polar surface area (TPSA) is 42.2 Å². The highest BCUT2D eigenvalue weighted by molar-refractivity contribution is 7.09. The SMILES string of the molecule is CN1CCCC(c2nc(CCC(C)(C)N)cs2)C1. The molecule has 1 aliphatic rings. The van der Waals surface area contributed by atoms with Crippen LogP contribution in [0.1, 0.15) is 49.7 Å². The number of hydrogen-bond acceptors (Lipinski definition) is 4. The Morgan fingerprint density at radius 2 is 2.33 bits per heavy atom. The molecule has 0 amide bonds. The van der Waals surface area contributed by atoms with Crippen LogP contribution < -0.4 is 5.73 Å². The lowest BCUT2D eigenvalue weighted by atomic mass is 9.98. The second-order valence-corrected chi connectivity index (χ2v) is 7.16. The van der Waals surface area contributed by atoms with Crippen molar-refractivity contribution in [3.05, 3.63) is 16.1 Å². The molecular weight excluding hydrogens is 242 g/mol. The van der Waals surface area contributed by atoms with Gasteiger partial charge in [0.15, 0.2) is 0 Å². The lowest BCUT2D eigenvalue weighted by Gasteiger charge is -2.28. The fraction of sp³-hybridized carbons (Fsp3) is 0.786. The second-order valence-electron chi connectivity index (χ2n) is 6.27. The summed E-state index contributed by atoms with van der Waals surface area (Å²) in [6, 6.07) is 0. The van der Waals surface area contributed by atoms with E-state index >= 15 is 0 Å². The van der Waals surface area contributed by atoms with Gasteiger partial charge in [-0.05, 0) is 53.1 Å². The van der Waals surface area contributed by atoms with Crippen LogP contribution in [-0.4, -0.2) is 35.6 Å². The Morgan fingerprint density at radius 3 is 3.00 bits per heavy atom. The molecule has 0 spiro atoms. The van der Waals surface area contributed by atoms with Crippen LogP contribution in [0.15, 0.2) is 5.38 Å². The van der Waals surface area contributed by atoms with Crippen LogP contribution in [0.2, 0.25) is 0 Å². The van der Waals surface area contributed by atoms with Gasteiger partial charge in [-0.3, -0.25) is 0 Å². The number of thiazole rings is 1. The van der Waals surface area contributed by atoms with E-state index in [4.69, 9.17) is 10.7 Å². The molecular formula is C14H25N3S. The Hall–Kier alpha value is -0.450. The van der Waals surface area contributed by atoms with E-state index in [2.05, 4.69) is 31.2 Å². The van der Waals surface area contributed by atoms with Crippen LogP contribution >= 0.6 is 11.3 Å². The molecule has 1 unspecified atom stereocenters. The standard InChI is InChI=1S/C14H25N3S/c1-14(2,15)7-6-12-10-18-13(16-12)11-5-4-8-17(3)9-11/h10-11H,4-9,15H2,1-3H3. The van der Waals surface area contributed by atoms with Gasteiger partial charge in [-0.1, -0.05) is 0 Å². The third-order valence-electron chi connectivity index (χ3n) is 3.57. The molecule has 0 bridgehead atoms. The second kappa shape index (κ2) is 5.68. The fourth-order valence-electron chi connectivity index (χ4n) is 2.44. The van der Waals surface area contributed by atoms with Crippen molar-refractivity contribution in [2.45, 2.75) is 51.0 Å². The van der Waals surface area contributed by atoms with Gasteiger partial charge in [0.05, 0.1) is 10.7 Å². The summed E-state index contributed by atoms with van der Waals surface area (Å²) in [6.45, 7) is 6.55. The van der Waals surface area contributed by atoms with Crippen LogP contribution in [0.3, 0.4) is 0 Å². The average Bonchev–Trinajstić information content (AvgIpc) is 2.74. The molecule has 0 aliphatic carbocycles. The Kier molecular flexibility index (Phi) is 4.41. The van der Waals surface area contributed by atoms with Gasteiger partial charge in [-0.25, -0.2) is 4.98 Å². The minimum atomic E-state index is -0.0885. The number of likely N-dealkylation sites (N-methyl/N-ethyl adjacent to an activating group) is 1. The summed E-state index contributed by atoms with van der Waals surface area (Å²) in [7, 11) is 2.21. The van der Waals surface area contributed by atoms with Gasteiger partial charge in [0.2, 0.25) is 0 Å². The molecule has 1 fully saturated rings. The lowest BCUT2D eigenvalue weighted by Crippen LogP contribution is -2.32. The first kappa shape index (κ1) is 14.0. The zero-order valence-corrected chi connectivity index (χ0v) is 12.6. The lowest BCUT2D eigenvalue weighted by molar-refractivity contribution is 0.250. The van der Waals surface area contributed by atoms with Crippen LogP contribution in [-0.2, 0) is 6.42 Å². The first-order chi connectivity index (χ1) is 8.44. The number of nitrogens with zero attached hydrogens (tertiary/aromatic N) is 2. The van der Waals surface area contributed by atoms with E-state index in [1.54, 1.807) is 0 Å². The first-order valence-corrected chi connectivity index (χ1v) is 7.74. The molecule has 0 aromatic carbocycles. The molecule has 2 rings (SSSR count). The zero-order valence-electron chi connectivity index (χ0n) is 11.8. The number of nitrogens with two attached hydrogens (primary N) is 1. The monoisotopic (exact) mass is 267 g/mol. The number of aromatic nitrogens is 1. The maximum absolute atomic E-state index is 6.02. The molecule has 2 heterocycles. The van der Waals surface area contributed by atoms with Gasteiger partial charge in [0.25, 0.3) is 0 Å². The van der Waals surface area contributed by atoms with Crippen molar-refractivity contribution >= 4 is 11.3 Å². The van der Waals surface area contributed by atoms with Crippen molar-refractivity contribution in [2.24, 2.45) is 5.73 Å². The molecule has 3 nitrogen and oxygen atoms in total. The van der Waals surface area contributed by atoms with Gasteiger partial charge in [0.1, 0.15) is 0 Å². The highest BCUT2D eigenvalue weighted by Gasteiger charge is 2.21. The number of rotatable bonds is 4. The molecule has 1 saturated heterocycles. The average molecular weight is 267 g/mol. The number of likely N-dealkylation sites (tertiary alicyclic amines) is 1. The molecule has 102 valence electrons. The number of hydrogen-bond donors (Lipinski definition) is 1. The summed E-state index contributed by atoms with van der Waals surface area (Å²) in [5.41, 5.74) is 7.16. The first-order valence-electron chi connectivity index (χ1n) is 6.86. The fourth-order valence-corrected chi connectivity index (χ4v) is 3.43. The minimum absolute atomic E-state index is 0.0885. The minimum Gasteiger partial charge on any atom is -0.326 e. The van der Waals surface area contributed by atoms with Crippen molar-refractivity contribution in [3.8, 4) is 0 Å². The van der Waals surface area contributed by atoms with Crippen LogP contribution in [0, 0.1) is 0 Å². The third kappa shape index (κ3) is 4.04. The van der Waals surface area contributed by atoms with Gasteiger partial charge in [-0.15, -0.1) is 11.3 Å². The third-order valence-corrected chi connectivity index (χ3v) is 4.62. The van der Waals surface area contributed by atoms with E-state index in [9.17, 15) is 0 Å². The van der Waals surface area contributed by atoms with E-state index in [0.717, 1.165) is 19.4 Å². The predicted molar refractivity (Wildman–Crippen MR) is 78.2 cm³/mol. The van der Waals surface area contributed by atoms with Crippen LogP contribution in [0.25, 0.3) is 0 Å². The van der Waals surface area contributed by atoms with E-state index in [1.807, 2.05) is 11.3 Å². The van der Waals surface area contributed by atoms with E-state index in [1.165, 1.54) is 30.1 Å². The summed E-state index contributed by atoms with van der Waals surface area (Å²) in [5, 5.41) is 3.54. The quantitative estimate of drug-likeness (QED) is 0.912. The molecule has 2 N–H and O–H groups in total. The number of aryl methyl sites for hydroxylation is 1.